The summed E-state index contributed by atoms with van der Waals surface area (Å²) in [6.07, 6.45) is 7.00. The highest BCUT2D eigenvalue weighted by molar-refractivity contribution is 6.07. The van der Waals surface area contributed by atoms with Gasteiger partial charge in [0.05, 0.1) is 12.7 Å². The van der Waals surface area contributed by atoms with Crippen LogP contribution < -0.4 is 16.0 Å². The third-order valence-corrected chi connectivity index (χ3v) is 4.86. The number of urea groups is 1. The van der Waals surface area contributed by atoms with Gasteiger partial charge in [0, 0.05) is 32.1 Å². The Kier molecular flexibility index (Phi) is 3.56. The Morgan fingerprint density at radius 3 is 2.73 bits per heavy atom. The van der Waals surface area contributed by atoms with Crippen LogP contribution in [0.5, 0.6) is 0 Å². The molecule has 2 aromatic rings. The number of carbonyl (C=O) groups is 3. The van der Waals surface area contributed by atoms with Gasteiger partial charge in [-0.15, -0.1) is 0 Å². The average molecular weight is 357 g/mol. The molecule has 1 unspecified atom stereocenters. The van der Waals surface area contributed by atoms with Crippen molar-refractivity contribution in [2.24, 2.45) is 14.1 Å². The highest BCUT2D eigenvalue weighted by Gasteiger charge is 2.51. The highest BCUT2D eigenvalue weighted by Crippen LogP contribution is 2.41. The quantitative estimate of drug-likeness (QED) is 0.622. The number of aromatic nitrogens is 4. The van der Waals surface area contributed by atoms with Crippen LogP contribution in [0, 0.1) is 0 Å². The SMILES string of the molecule is Cn1ccnc1C1(CNC(=O)c2c(C3CC3)cnn2C)NC(=O)NC1=O. The van der Waals surface area contributed by atoms with Gasteiger partial charge < -0.3 is 15.2 Å². The highest BCUT2D eigenvalue weighted by atomic mass is 16.2. The molecule has 10 heteroatoms. The first-order valence-electron chi connectivity index (χ1n) is 8.34. The van der Waals surface area contributed by atoms with Gasteiger partial charge in [0.15, 0.2) is 5.54 Å². The molecule has 136 valence electrons. The molecule has 0 aromatic carbocycles. The molecule has 0 radical (unpaired) electrons. The van der Waals surface area contributed by atoms with Crippen LogP contribution >= 0.6 is 0 Å². The molecule has 1 atom stereocenters. The lowest BCUT2D eigenvalue weighted by atomic mass is 9.98. The minimum atomic E-state index is -1.46. The molecule has 3 N–H and O–H groups in total. The maximum absolute atomic E-state index is 12.8. The van der Waals surface area contributed by atoms with Gasteiger partial charge in [-0.2, -0.15) is 5.10 Å². The molecule has 0 spiro atoms. The van der Waals surface area contributed by atoms with E-state index < -0.39 is 17.5 Å². The fourth-order valence-corrected chi connectivity index (χ4v) is 3.35. The summed E-state index contributed by atoms with van der Waals surface area (Å²) in [5.74, 6) is -0.185. The van der Waals surface area contributed by atoms with Crippen LogP contribution in [0.25, 0.3) is 0 Å². The number of hydrogen-bond acceptors (Lipinski definition) is 5. The first-order valence-corrected chi connectivity index (χ1v) is 8.34. The van der Waals surface area contributed by atoms with Crippen molar-refractivity contribution in [3.63, 3.8) is 0 Å². The molecule has 1 aliphatic heterocycles. The summed E-state index contributed by atoms with van der Waals surface area (Å²) in [4.78, 5) is 41.2. The van der Waals surface area contributed by atoms with Gasteiger partial charge in [0.25, 0.3) is 11.8 Å². The van der Waals surface area contributed by atoms with E-state index in [0.717, 1.165) is 18.4 Å². The van der Waals surface area contributed by atoms with Crippen LogP contribution in [0.4, 0.5) is 4.79 Å². The lowest BCUT2D eigenvalue weighted by Crippen LogP contribution is -2.54. The van der Waals surface area contributed by atoms with Gasteiger partial charge >= 0.3 is 6.03 Å². The summed E-state index contributed by atoms with van der Waals surface area (Å²) in [5, 5.41) is 11.8. The number of amides is 4. The first-order chi connectivity index (χ1) is 12.4. The second-order valence-electron chi connectivity index (χ2n) is 6.70. The molecule has 0 bridgehead atoms. The van der Waals surface area contributed by atoms with E-state index in [9.17, 15) is 14.4 Å². The molecule has 1 saturated heterocycles. The number of nitrogens with zero attached hydrogens (tertiary/aromatic N) is 4. The third-order valence-electron chi connectivity index (χ3n) is 4.86. The summed E-state index contributed by atoms with van der Waals surface area (Å²) in [6, 6.07) is -0.619. The minimum Gasteiger partial charge on any atom is -0.347 e. The second-order valence-corrected chi connectivity index (χ2v) is 6.70. The molecule has 4 rings (SSSR count). The van der Waals surface area contributed by atoms with E-state index in [-0.39, 0.29) is 12.5 Å². The zero-order chi connectivity index (χ0) is 18.5. The number of rotatable bonds is 5. The number of nitrogens with one attached hydrogen (secondary N) is 3. The van der Waals surface area contributed by atoms with E-state index in [1.54, 1.807) is 31.1 Å². The third kappa shape index (κ3) is 2.45. The van der Waals surface area contributed by atoms with Crippen molar-refractivity contribution in [2.45, 2.75) is 24.3 Å². The Balaban J connectivity index is 1.61. The molecule has 1 saturated carbocycles. The fraction of sp³-hybridized carbons (Fsp3) is 0.438. The van der Waals surface area contributed by atoms with Gasteiger partial charge in [-0.1, -0.05) is 0 Å². The monoisotopic (exact) mass is 357 g/mol. The number of carbonyl (C=O) groups excluding carboxylic acids is 3. The standard InChI is InChI=1S/C16H19N7O3/c1-22-6-5-17-13(22)16(14(25)20-15(26)21-16)8-18-12(24)11-10(9-3-4-9)7-19-23(11)2/h5-7,9H,3-4,8H2,1-2H3,(H,18,24)(H2,20,21,25,26). The van der Waals surface area contributed by atoms with E-state index in [1.807, 2.05) is 0 Å². The maximum Gasteiger partial charge on any atom is 0.322 e. The molecular weight excluding hydrogens is 338 g/mol. The molecule has 4 amide bonds. The predicted molar refractivity (Wildman–Crippen MR) is 89.1 cm³/mol. The van der Waals surface area contributed by atoms with Gasteiger partial charge in [-0.25, -0.2) is 9.78 Å². The number of hydrogen-bond donors (Lipinski definition) is 3. The number of aryl methyl sites for hydroxylation is 2. The van der Waals surface area contributed by atoms with Crippen molar-refractivity contribution in [2.75, 3.05) is 6.54 Å². The van der Waals surface area contributed by atoms with Crippen LogP contribution in [0.3, 0.4) is 0 Å². The van der Waals surface area contributed by atoms with Crippen LogP contribution in [-0.2, 0) is 24.4 Å². The Labute approximate surface area is 149 Å². The van der Waals surface area contributed by atoms with Crippen LogP contribution in [0.1, 0.15) is 40.6 Å². The summed E-state index contributed by atoms with van der Waals surface area (Å²) >= 11 is 0. The molecule has 2 fully saturated rings. The van der Waals surface area contributed by atoms with E-state index >= 15 is 0 Å². The molecule has 2 aromatic heterocycles. The lowest BCUT2D eigenvalue weighted by molar-refractivity contribution is -0.124. The van der Waals surface area contributed by atoms with Crippen LogP contribution in [0.2, 0.25) is 0 Å². The maximum atomic E-state index is 12.8. The van der Waals surface area contributed by atoms with Crippen molar-refractivity contribution in [1.29, 1.82) is 0 Å². The summed E-state index contributed by atoms with van der Waals surface area (Å²) < 4.78 is 3.17. The molecule has 3 heterocycles. The van der Waals surface area contributed by atoms with Crippen molar-refractivity contribution in [1.82, 2.24) is 35.3 Å². The van der Waals surface area contributed by atoms with E-state index in [4.69, 9.17) is 0 Å². The molecule has 1 aliphatic carbocycles. The molecule has 2 aliphatic rings. The molecular formula is C16H19N7O3. The van der Waals surface area contributed by atoms with Gasteiger partial charge in [-0.05, 0) is 18.8 Å². The van der Waals surface area contributed by atoms with E-state index in [0.29, 0.717) is 17.4 Å². The Morgan fingerprint density at radius 1 is 1.38 bits per heavy atom. The normalized spacial score (nSPS) is 22.2. The van der Waals surface area contributed by atoms with Crippen molar-refractivity contribution >= 4 is 17.8 Å². The summed E-state index contributed by atoms with van der Waals surface area (Å²) in [5.41, 5.74) is -0.0632. The lowest BCUT2D eigenvalue weighted by Gasteiger charge is -2.25. The zero-order valence-corrected chi connectivity index (χ0v) is 14.4. The smallest absolute Gasteiger partial charge is 0.322 e. The van der Waals surface area contributed by atoms with Crippen LogP contribution in [-0.4, -0.2) is 43.7 Å². The average Bonchev–Trinajstić information content (AvgIpc) is 3.12. The first kappa shape index (κ1) is 16.3. The summed E-state index contributed by atoms with van der Waals surface area (Å²) in [7, 11) is 3.43. The number of imide groups is 1. The van der Waals surface area contributed by atoms with Gasteiger partial charge in [0.1, 0.15) is 11.5 Å². The molecule has 10 nitrogen and oxygen atoms in total. The van der Waals surface area contributed by atoms with Gasteiger partial charge in [-0.3, -0.25) is 19.6 Å². The van der Waals surface area contributed by atoms with E-state index in [1.165, 1.54) is 10.9 Å². The topological polar surface area (TPSA) is 123 Å². The number of imidazole rings is 1. The molecule has 26 heavy (non-hydrogen) atoms. The fourth-order valence-electron chi connectivity index (χ4n) is 3.35. The Bertz CT molecular complexity index is 911. The predicted octanol–water partition coefficient (Wildman–Crippen LogP) is -0.504. The summed E-state index contributed by atoms with van der Waals surface area (Å²) in [6.45, 7) is -0.121. The van der Waals surface area contributed by atoms with Crippen molar-refractivity contribution in [3.05, 3.63) is 35.7 Å². The van der Waals surface area contributed by atoms with E-state index in [2.05, 4.69) is 26.0 Å². The minimum absolute atomic E-state index is 0.121. The Morgan fingerprint density at radius 2 is 2.15 bits per heavy atom. The van der Waals surface area contributed by atoms with Crippen molar-refractivity contribution in [3.8, 4) is 0 Å². The zero-order valence-electron chi connectivity index (χ0n) is 14.4. The van der Waals surface area contributed by atoms with Crippen molar-refractivity contribution < 1.29 is 14.4 Å². The second kappa shape index (κ2) is 5.68. The van der Waals surface area contributed by atoms with Gasteiger partial charge in [0.2, 0.25) is 0 Å². The largest absolute Gasteiger partial charge is 0.347 e. The van der Waals surface area contributed by atoms with Crippen LogP contribution in [0.15, 0.2) is 18.6 Å². The Hall–Kier alpha value is -3.17.